The minimum Gasteiger partial charge on any atom is -0.406 e. The van der Waals surface area contributed by atoms with E-state index in [9.17, 15) is 24.1 Å². The van der Waals surface area contributed by atoms with Crippen LogP contribution in [0.4, 0.5) is 15.8 Å². The van der Waals surface area contributed by atoms with E-state index in [0.717, 1.165) is 10.8 Å². The monoisotopic (exact) mass is 417 g/mol. The van der Waals surface area contributed by atoms with Crippen LogP contribution in [0.15, 0.2) is 65.6 Å². The molecule has 29 heavy (non-hydrogen) atoms. The third-order valence-electron chi connectivity index (χ3n) is 3.83. The molecule has 0 aliphatic heterocycles. The molecular formula is C19H13ClFN3O5. The number of amides is 1. The molecule has 0 saturated heterocycles. The average molecular weight is 418 g/mol. The molecule has 8 nitrogen and oxygen atoms in total. The van der Waals surface area contributed by atoms with Gasteiger partial charge in [-0.15, -0.1) is 0 Å². The van der Waals surface area contributed by atoms with E-state index < -0.39 is 22.2 Å². The predicted molar refractivity (Wildman–Crippen MR) is 103 cm³/mol. The van der Waals surface area contributed by atoms with Crippen molar-refractivity contribution in [1.29, 1.82) is 0 Å². The molecule has 0 atom stereocenters. The minimum atomic E-state index is -0.733. The molecule has 3 rings (SSSR count). The first-order valence-electron chi connectivity index (χ1n) is 8.20. The number of halogens is 2. The predicted octanol–water partition coefficient (Wildman–Crippen LogP) is 3.43. The molecule has 148 valence electrons. The SMILES string of the molecule is O=C(Nc1ccc(F)c(Cl)c1)c1cccn(OCc2cccc([N+](=O)[O-])c2)c1=O. The van der Waals surface area contributed by atoms with Crippen molar-refractivity contribution in [3.63, 3.8) is 0 Å². The van der Waals surface area contributed by atoms with Gasteiger partial charge in [0.15, 0.2) is 0 Å². The topological polar surface area (TPSA) is 103 Å². The highest BCUT2D eigenvalue weighted by atomic mass is 35.5. The molecule has 0 spiro atoms. The number of carbonyl (C=O) groups is 1. The Bertz CT molecular complexity index is 1150. The maximum Gasteiger partial charge on any atom is 0.295 e. The number of nitro groups is 1. The Hall–Kier alpha value is -3.72. The Balaban J connectivity index is 1.76. The summed E-state index contributed by atoms with van der Waals surface area (Å²) < 4.78 is 14.1. The Labute approximate surface area is 168 Å². The number of non-ortho nitro benzene ring substituents is 1. The van der Waals surface area contributed by atoms with Crippen molar-refractivity contribution in [2.75, 3.05) is 5.32 Å². The Morgan fingerprint density at radius 2 is 2.00 bits per heavy atom. The summed E-state index contributed by atoms with van der Waals surface area (Å²) in [6.45, 7) is -0.125. The first kappa shape index (κ1) is 20.0. The standard InChI is InChI=1S/C19H13ClFN3O5/c20-16-10-13(6-7-17(16)21)22-18(25)15-5-2-8-23(19(15)26)29-11-12-3-1-4-14(9-12)24(27)28/h1-10H,11H2,(H,22,25). The molecule has 10 heteroatoms. The molecule has 3 aromatic rings. The number of pyridine rings is 1. The molecule has 1 N–H and O–H groups in total. The van der Waals surface area contributed by atoms with Gasteiger partial charge in [-0.05, 0) is 35.9 Å². The zero-order valence-electron chi connectivity index (χ0n) is 14.7. The van der Waals surface area contributed by atoms with Gasteiger partial charge in [-0.25, -0.2) is 4.39 Å². The second kappa shape index (κ2) is 8.53. The number of aromatic nitrogens is 1. The number of nitrogens with one attached hydrogen (secondary N) is 1. The van der Waals surface area contributed by atoms with Gasteiger partial charge in [0.25, 0.3) is 17.2 Å². The fourth-order valence-corrected chi connectivity index (χ4v) is 2.61. The molecule has 0 unspecified atom stereocenters. The first-order valence-corrected chi connectivity index (χ1v) is 8.57. The lowest BCUT2D eigenvalue weighted by Gasteiger charge is -2.10. The van der Waals surface area contributed by atoms with E-state index >= 15 is 0 Å². The molecule has 0 saturated carbocycles. The number of benzene rings is 2. The second-order valence-corrected chi connectivity index (χ2v) is 6.24. The van der Waals surface area contributed by atoms with E-state index in [2.05, 4.69) is 5.32 Å². The summed E-state index contributed by atoms with van der Waals surface area (Å²) in [4.78, 5) is 40.5. The smallest absolute Gasteiger partial charge is 0.295 e. The van der Waals surface area contributed by atoms with Crippen molar-refractivity contribution < 1.29 is 18.9 Å². The highest BCUT2D eigenvalue weighted by molar-refractivity contribution is 6.31. The number of hydrogen-bond acceptors (Lipinski definition) is 5. The van der Waals surface area contributed by atoms with Gasteiger partial charge in [0.2, 0.25) is 0 Å². The summed E-state index contributed by atoms with van der Waals surface area (Å²) >= 11 is 5.68. The van der Waals surface area contributed by atoms with Gasteiger partial charge in [0.1, 0.15) is 18.0 Å². The van der Waals surface area contributed by atoms with Crippen LogP contribution in [0, 0.1) is 15.9 Å². The molecule has 0 bridgehead atoms. The average Bonchev–Trinajstić information content (AvgIpc) is 2.70. The molecule has 0 radical (unpaired) electrons. The van der Waals surface area contributed by atoms with E-state index in [1.165, 1.54) is 48.7 Å². The molecule has 1 heterocycles. The fraction of sp³-hybridized carbons (Fsp3) is 0.0526. The molecule has 0 aliphatic carbocycles. The lowest BCUT2D eigenvalue weighted by molar-refractivity contribution is -0.384. The van der Waals surface area contributed by atoms with Crippen LogP contribution >= 0.6 is 11.6 Å². The van der Waals surface area contributed by atoms with Crippen molar-refractivity contribution in [3.8, 4) is 0 Å². The summed E-state index contributed by atoms with van der Waals surface area (Å²) in [6, 6.07) is 12.1. The number of hydrogen-bond donors (Lipinski definition) is 1. The summed E-state index contributed by atoms with van der Waals surface area (Å²) in [6.07, 6.45) is 1.31. The summed E-state index contributed by atoms with van der Waals surface area (Å²) in [5.41, 5.74) is -0.365. The van der Waals surface area contributed by atoms with E-state index in [4.69, 9.17) is 16.4 Å². The summed E-state index contributed by atoms with van der Waals surface area (Å²) in [7, 11) is 0. The minimum absolute atomic E-state index is 0.107. The third kappa shape index (κ3) is 4.77. The van der Waals surface area contributed by atoms with Crippen LogP contribution in [0.3, 0.4) is 0 Å². The fourth-order valence-electron chi connectivity index (χ4n) is 2.43. The highest BCUT2D eigenvalue weighted by Gasteiger charge is 2.14. The highest BCUT2D eigenvalue weighted by Crippen LogP contribution is 2.19. The molecular weight excluding hydrogens is 405 g/mol. The summed E-state index contributed by atoms with van der Waals surface area (Å²) in [5.74, 6) is -1.37. The van der Waals surface area contributed by atoms with Crippen molar-refractivity contribution in [1.82, 2.24) is 4.73 Å². The Kier molecular flexibility index (Phi) is 5.89. The zero-order valence-corrected chi connectivity index (χ0v) is 15.4. The zero-order chi connectivity index (χ0) is 21.0. The van der Waals surface area contributed by atoms with Crippen LogP contribution < -0.4 is 15.7 Å². The van der Waals surface area contributed by atoms with Gasteiger partial charge in [-0.2, -0.15) is 4.73 Å². The van der Waals surface area contributed by atoms with Crippen molar-refractivity contribution >= 4 is 28.9 Å². The third-order valence-corrected chi connectivity index (χ3v) is 4.12. The molecule has 1 amide bonds. The number of nitrogens with zero attached hydrogens (tertiary/aromatic N) is 2. The number of carbonyl (C=O) groups excluding carboxylic acids is 1. The normalized spacial score (nSPS) is 10.4. The van der Waals surface area contributed by atoms with Crippen LogP contribution in [-0.2, 0) is 6.61 Å². The van der Waals surface area contributed by atoms with E-state index in [0.29, 0.717) is 5.56 Å². The Morgan fingerprint density at radius 3 is 2.72 bits per heavy atom. The maximum absolute atomic E-state index is 13.2. The van der Waals surface area contributed by atoms with Crippen LogP contribution in [0.1, 0.15) is 15.9 Å². The molecule has 0 aliphatic rings. The lowest BCUT2D eigenvalue weighted by atomic mass is 10.2. The number of anilines is 1. The number of nitro benzene ring substituents is 1. The Morgan fingerprint density at radius 1 is 1.21 bits per heavy atom. The van der Waals surface area contributed by atoms with E-state index in [1.807, 2.05) is 0 Å². The first-order chi connectivity index (χ1) is 13.8. The van der Waals surface area contributed by atoms with E-state index in [1.54, 1.807) is 6.07 Å². The van der Waals surface area contributed by atoms with Gasteiger partial charge in [-0.3, -0.25) is 19.7 Å². The largest absolute Gasteiger partial charge is 0.406 e. The van der Waals surface area contributed by atoms with Gasteiger partial charge in [-0.1, -0.05) is 23.7 Å². The van der Waals surface area contributed by atoms with Gasteiger partial charge < -0.3 is 10.2 Å². The van der Waals surface area contributed by atoms with Crippen molar-refractivity contribution in [2.24, 2.45) is 0 Å². The molecule has 2 aromatic carbocycles. The number of rotatable bonds is 6. The molecule has 1 aromatic heterocycles. The van der Waals surface area contributed by atoms with Gasteiger partial charge in [0.05, 0.1) is 9.95 Å². The van der Waals surface area contributed by atoms with Crippen LogP contribution in [0.2, 0.25) is 5.02 Å². The van der Waals surface area contributed by atoms with Gasteiger partial charge in [0, 0.05) is 24.0 Å². The van der Waals surface area contributed by atoms with Crippen LogP contribution in [0.5, 0.6) is 0 Å². The van der Waals surface area contributed by atoms with Crippen LogP contribution in [0.25, 0.3) is 0 Å². The maximum atomic E-state index is 13.2. The molecule has 0 fully saturated rings. The quantitative estimate of drug-likeness (QED) is 0.489. The van der Waals surface area contributed by atoms with Crippen molar-refractivity contribution in [3.05, 3.63) is 103 Å². The second-order valence-electron chi connectivity index (χ2n) is 5.84. The van der Waals surface area contributed by atoms with Crippen LogP contribution in [-0.4, -0.2) is 15.6 Å². The van der Waals surface area contributed by atoms with Crippen molar-refractivity contribution in [2.45, 2.75) is 6.61 Å². The lowest BCUT2D eigenvalue weighted by Crippen LogP contribution is -2.32. The van der Waals surface area contributed by atoms with E-state index in [-0.39, 0.29) is 28.6 Å². The van der Waals surface area contributed by atoms with Gasteiger partial charge >= 0.3 is 0 Å². The summed E-state index contributed by atoms with van der Waals surface area (Å²) in [5, 5.41) is 13.1.